The number of rotatable bonds is 13. The summed E-state index contributed by atoms with van der Waals surface area (Å²) in [4.78, 5) is 11.5. The summed E-state index contributed by atoms with van der Waals surface area (Å²) in [6, 6.07) is 4.01. The Morgan fingerprint density at radius 1 is 0.905 bits per heavy atom. The molecule has 0 heterocycles. The van der Waals surface area contributed by atoms with E-state index < -0.39 is 5.97 Å². The van der Waals surface area contributed by atoms with Crippen LogP contribution in [0, 0.1) is 22.7 Å². The molecule has 0 radical (unpaired) electrons. The molecule has 0 rings (SSSR count). The van der Waals surface area contributed by atoms with Crippen LogP contribution in [0.1, 0.15) is 32.1 Å². The van der Waals surface area contributed by atoms with E-state index in [1.54, 1.807) is 0 Å². The van der Waals surface area contributed by atoms with E-state index >= 15 is 0 Å². The minimum absolute atomic E-state index is 0.283. The molecule has 0 unspecified atom stereocenters. The molecule has 21 heavy (non-hydrogen) atoms. The SMILES string of the molecule is C=C(CCOCCC#N)C(=O)OCCCOCCCC#N. The molecule has 0 aromatic carbocycles. The predicted molar refractivity (Wildman–Crippen MR) is 76.0 cm³/mol. The Balaban J connectivity index is 3.42. The van der Waals surface area contributed by atoms with Gasteiger partial charge in [-0.3, -0.25) is 0 Å². The average molecular weight is 294 g/mol. The van der Waals surface area contributed by atoms with Crippen molar-refractivity contribution in [2.75, 3.05) is 33.0 Å². The lowest BCUT2D eigenvalue weighted by Crippen LogP contribution is -2.11. The zero-order chi connectivity index (χ0) is 15.8. The van der Waals surface area contributed by atoms with Crippen molar-refractivity contribution in [1.82, 2.24) is 0 Å². The van der Waals surface area contributed by atoms with E-state index in [0.29, 0.717) is 57.7 Å². The summed E-state index contributed by atoms with van der Waals surface area (Å²) in [6.45, 7) is 5.70. The number of unbranched alkanes of at least 4 members (excludes halogenated alkanes) is 1. The first-order valence-corrected chi connectivity index (χ1v) is 6.96. The van der Waals surface area contributed by atoms with Crippen LogP contribution in [0.3, 0.4) is 0 Å². The van der Waals surface area contributed by atoms with Crippen molar-refractivity contribution in [2.45, 2.75) is 32.1 Å². The van der Waals surface area contributed by atoms with Crippen molar-refractivity contribution in [1.29, 1.82) is 10.5 Å². The third-order valence-corrected chi connectivity index (χ3v) is 2.44. The van der Waals surface area contributed by atoms with Gasteiger partial charge in [0.05, 0.1) is 38.4 Å². The topological polar surface area (TPSA) is 92.3 Å². The Morgan fingerprint density at radius 2 is 1.57 bits per heavy atom. The van der Waals surface area contributed by atoms with Crippen molar-refractivity contribution in [3.8, 4) is 12.1 Å². The number of nitriles is 2. The Bertz CT molecular complexity index is 382. The van der Waals surface area contributed by atoms with E-state index in [2.05, 4.69) is 6.58 Å². The minimum atomic E-state index is -0.427. The first-order chi connectivity index (χ1) is 10.2. The van der Waals surface area contributed by atoms with Crippen LogP contribution < -0.4 is 0 Å². The number of hydrogen-bond acceptors (Lipinski definition) is 6. The van der Waals surface area contributed by atoms with Gasteiger partial charge in [0.15, 0.2) is 0 Å². The van der Waals surface area contributed by atoms with Crippen LogP contribution in [0.5, 0.6) is 0 Å². The molecular weight excluding hydrogens is 272 g/mol. The summed E-state index contributed by atoms with van der Waals surface area (Å²) in [6.07, 6.45) is 2.56. The van der Waals surface area contributed by atoms with Crippen LogP contribution in [0.25, 0.3) is 0 Å². The number of carbonyl (C=O) groups excluding carboxylic acids is 1. The molecule has 0 aliphatic carbocycles. The zero-order valence-electron chi connectivity index (χ0n) is 12.3. The third kappa shape index (κ3) is 12.9. The van der Waals surface area contributed by atoms with Gasteiger partial charge in [-0.25, -0.2) is 4.79 Å². The lowest BCUT2D eigenvalue weighted by atomic mass is 10.2. The molecule has 0 saturated carbocycles. The molecule has 0 N–H and O–H groups in total. The molecule has 0 fully saturated rings. The largest absolute Gasteiger partial charge is 0.462 e. The fraction of sp³-hybridized carbons (Fsp3) is 0.667. The van der Waals surface area contributed by atoms with Gasteiger partial charge in [-0.05, 0) is 6.42 Å². The van der Waals surface area contributed by atoms with Gasteiger partial charge in [-0.15, -0.1) is 0 Å². The van der Waals surface area contributed by atoms with E-state index in [1.807, 2.05) is 12.1 Å². The Morgan fingerprint density at radius 3 is 2.29 bits per heavy atom. The lowest BCUT2D eigenvalue weighted by Gasteiger charge is -2.07. The van der Waals surface area contributed by atoms with Crippen LogP contribution >= 0.6 is 0 Å². The maximum absolute atomic E-state index is 11.5. The summed E-state index contributed by atoms with van der Waals surface area (Å²) in [5.41, 5.74) is 0.363. The van der Waals surface area contributed by atoms with Gasteiger partial charge in [0, 0.05) is 38.0 Å². The quantitative estimate of drug-likeness (QED) is 0.293. The van der Waals surface area contributed by atoms with Crippen LogP contribution in [-0.2, 0) is 19.0 Å². The molecule has 0 amide bonds. The van der Waals surface area contributed by atoms with Gasteiger partial charge in [-0.2, -0.15) is 10.5 Å². The van der Waals surface area contributed by atoms with E-state index in [-0.39, 0.29) is 6.61 Å². The Labute approximate surface area is 125 Å². The van der Waals surface area contributed by atoms with Gasteiger partial charge in [-0.1, -0.05) is 6.58 Å². The van der Waals surface area contributed by atoms with Crippen LogP contribution in [0.4, 0.5) is 0 Å². The van der Waals surface area contributed by atoms with Gasteiger partial charge >= 0.3 is 5.97 Å². The highest BCUT2D eigenvalue weighted by Gasteiger charge is 2.08. The molecule has 0 spiro atoms. The highest BCUT2D eigenvalue weighted by molar-refractivity contribution is 5.87. The molecule has 6 heteroatoms. The van der Waals surface area contributed by atoms with Gasteiger partial charge < -0.3 is 14.2 Å². The second-order valence-electron chi connectivity index (χ2n) is 4.24. The van der Waals surface area contributed by atoms with Crippen LogP contribution in [-0.4, -0.2) is 39.0 Å². The van der Waals surface area contributed by atoms with Gasteiger partial charge in [0.1, 0.15) is 0 Å². The molecule has 0 aromatic rings. The molecule has 0 atom stereocenters. The molecule has 0 aliphatic heterocycles. The average Bonchev–Trinajstić information content (AvgIpc) is 2.49. The number of hydrogen-bond donors (Lipinski definition) is 0. The minimum Gasteiger partial charge on any atom is -0.462 e. The van der Waals surface area contributed by atoms with Crippen molar-refractivity contribution in [3.63, 3.8) is 0 Å². The third-order valence-electron chi connectivity index (χ3n) is 2.44. The second kappa shape index (κ2) is 14.5. The van der Waals surface area contributed by atoms with E-state index in [4.69, 9.17) is 24.7 Å². The molecule has 0 bridgehead atoms. The smallest absolute Gasteiger partial charge is 0.333 e. The van der Waals surface area contributed by atoms with Crippen molar-refractivity contribution >= 4 is 5.97 Å². The summed E-state index contributed by atoms with van der Waals surface area (Å²) in [5.74, 6) is -0.427. The van der Waals surface area contributed by atoms with E-state index in [0.717, 1.165) is 6.42 Å². The first-order valence-electron chi connectivity index (χ1n) is 6.96. The normalized spacial score (nSPS) is 9.62. The molecule has 0 aromatic heterocycles. The number of carbonyl (C=O) groups is 1. The highest BCUT2D eigenvalue weighted by atomic mass is 16.5. The summed E-state index contributed by atoms with van der Waals surface area (Å²) < 4.78 is 15.5. The number of nitrogens with zero attached hydrogens (tertiary/aromatic N) is 2. The molecule has 116 valence electrons. The van der Waals surface area contributed by atoms with Crippen molar-refractivity contribution in [3.05, 3.63) is 12.2 Å². The maximum atomic E-state index is 11.5. The maximum Gasteiger partial charge on any atom is 0.333 e. The molecule has 6 nitrogen and oxygen atoms in total. The number of esters is 1. The standard InChI is InChI=1S/C15H22N2O4/c1-14(6-13-20-10-4-8-17)15(18)21-12-5-11-19-9-3-2-7-16/h1-6,9-13H2. The van der Waals surface area contributed by atoms with E-state index in [1.165, 1.54) is 0 Å². The van der Waals surface area contributed by atoms with Crippen LogP contribution in [0.2, 0.25) is 0 Å². The van der Waals surface area contributed by atoms with Crippen molar-refractivity contribution in [2.24, 2.45) is 0 Å². The summed E-state index contributed by atoms with van der Waals surface area (Å²) in [5, 5.41) is 16.6. The molecule has 0 aliphatic rings. The van der Waals surface area contributed by atoms with Gasteiger partial charge in [0.25, 0.3) is 0 Å². The molecule has 0 saturated heterocycles. The highest BCUT2D eigenvalue weighted by Crippen LogP contribution is 2.02. The van der Waals surface area contributed by atoms with E-state index in [9.17, 15) is 4.79 Å². The predicted octanol–water partition coefficient (Wildman–Crippen LogP) is 2.12. The zero-order valence-corrected chi connectivity index (χ0v) is 12.3. The van der Waals surface area contributed by atoms with Crippen LogP contribution in [0.15, 0.2) is 12.2 Å². The van der Waals surface area contributed by atoms with Gasteiger partial charge in [0.2, 0.25) is 0 Å². The Kier molecular flexibility index (Phi) is 13.2. The fourth-order valence-electron chi connectivity index (χ4n) is 1.30. The summed E-state index contributed by atoms with van der Waals surface area (Å²) in [7, 11) is 0. The van der Waals surface area contributed by atoms with Crippen molar-refractivity contribution < 1.29 is 19.0 Å². The Hall–Kier alpha value is -1.89. The lowest BCUT2D eigenvalue weighted by molar-refractivity contribution is -0.139. The number of ether oxygens (including phenoxy) is 3. The summed E-state index contributed by atoms with van der Waals surface area (Å²) >= 11 is 0. The molecular formula is C15H22N2O4. The first kappa shape index (κ1) is 19.1. The second-order valence-corrected chi connectivity index (χ2v) is 4.24. The monoisotopic (exact) mass is 294 g/mol. The fourth-order valence-corrected chi connectivity index (χ4v) is 1.30.